The average Bonchev–Trinajstić information content (AvgIpc) is 2.71. The van der Waals surface area contributed by atoms with Gasteiger partial charge in [0.25, 0.3) is 5.91 Å². The topological polar surface area (TPSA) is 41.6 Å². The molecule has 0 heterocycles. The maximum atomic E-state index is 12.4. The van der Waals surface area contributed by atoms with Crippen molar-refractivity contribution in [1.29, 1.82) is 0 Å². The second-order valence-corrected chi connectivity index (χ2v) is 6.55. The summed E-state index contributed by atoms with van der Waals surface area (Å²) >= 11 is 0. The lowest BCUT2D eigenvalue weighted by Crippen LogP contribution is -2.23. The molecule has 0 radical (unpaired) electrons. The molecule has 1 amide bonds. The zero-order valence-corrected chi connectivity index (χ0v) is 15.7. The fourth-order valence-corrected chi connectivity index (χ4v) is 2.70. The van der Waals surface area contributed by atoms with Crippen molar-refractivity contribution in [3.8, 4) is 5.75 Å². The summed E-state index contributed by atoms with van der Waals surface area (Å²) in [5.74, 6) is 0.703. The van der Waals surface area contributed by atoms with Crippen molar-refractivity contribution < 1.29 is 9.53 Å². The largest absolute Gasteiger partial charge is 0.489 e. The Labute approximate surface area is 160 Å². The van der Waals surface area contributed by atoms with E-state index in [0.717, 1.165) is 22.6 Å². The Hall–Kier alpha value is -3.27. The van der Waals surface area contributed by atoms with E-state index < -0.39 is 0 Å². The number of anilines is 1. The molecule has 0 atom stereocenters. The third-order valence-corrected chi connectivity index (χ3v) is 4.22. The number of amides is 1. The summed E-state index contributed by atoms with van der Waals surface area (Å²) in [5.41, 5.74) is 3.77. The molecule has 138 valence electrons. The molecule has 0 saturated heterocycles. The van der Waals surface area contributed by atoms with Crippen molar-refractivity contribution in [2.75, 3.05) is 19.0 Å². The second-order valence-electron chi connectivity index (χ2n) is 6.55. The van der Waals surface area contributed by atoms with E-state index in [1.165, 1.54) is 0 Å². The van der Waals surface area contributed by atoms with E-state index in [0.29, 0.717) is 18.7 Å². The molecule has 0 aliphatic rings. The van der Waals surface area contributed by atoms with Gasteiger partial charge in [0.15, 0.2) is 0 Å². The Morgan fingerprint density at radius 3 is 2.41 bits per heavy atom. The number of benzene rings is 3. The molecule has 4 nitrogen and oxygen atoms in total. The fraction of sp³-hybridized carbons (Fsp3) is 0.174. The van der Waals surface area contributed by atoms with Gasteiger partial charge in [0.05, 0.1) is 0 Å². The van der Waals surface area contributed by atoms with Gasteiger partial charge in [-0.3, -0.25) is 4.79 Å². The highest BCUT2D eigenvalue weighted by Crippen LogP contribution is 2.16. The number of carbonyl (C=O) groups is 1. The first-order valence-electron chi connectivity index (χ1n) is 8.93. The van der Waals surface area contributed by atoms with Crippen LogP contribution in [0.25, 0.3) is 0 Å². The average molecular weight is 360 g/mol. The predicted molar refractivity (Wildman–Crippen MR) is 109 cm³/mol. The Morgan fingerprint density at radius 2 is 1.63 bits per heavy atom. The number of ether oxygens (including phenoxy) is 1. The van der Waals surface area contributed by atoms with Crippen LogP contribution in [0.1, 0.15) is 21.5 Å². The first kappa shape index (κ1) is 18.5. The zero-order valence-electron chi connectivity index (χ0n) is 15.7. The predicted octanol–water partition coefficient (Wildman–Crippen LogP) is 4.26. The van der Waals surface area contributed by atoms with Crippen molar-refractivity contribution in [3.05, 3.63) is 95.6 Å². The number of hydrogen-bond donors (Lipinski definition) is 1. The van der Waals surface area contributed by atoms with Gasteiger partial charge in [-0.05, 0) is 41.5 Å². The van der Waals surface area contributed by atoms with E-state index in [1.54, 1.807) is 0 Å². The van der Waals surface area contributed by atoms with Crippen LogP contribution in [0, 0.1) is 0 Å². The highest BCUT2D eigenvalue weighted by atomic mass is 16.5. The molecule has 4 heteroatoms. The fourth-order valence-electron chi connectivity index (χ4n) is 2.70. The van der Waals surface area contributed by atoms with Gasteiger partial charge in [0, 0.05) is 31.9 Å². The van der Waals surface area contributed by atoms with Crippen molar-refractivity contribution in [1.82, 2.24) is 5.32 Å². The maximum absolute atomic E-state index is 12.4. The van der Waals surface area contributed by atoms with Crippen LogP contribution in [0.2, 0.25) is 0 Å². The smallest absolute Gasteiger partial charge is 0.251 e. The first-order chi connectivity index (χ1) is 13.1. The molecule has 0 bridgehead atoms. The summed E-state index contributed by atoms with van der Waals surface area (Å²) in [6.07, 6.45) is 0. The van der Waals surface area contributed by atoms with Gasteiger partial charge in [0.1, 0.15) is 12.4 Å². The minimum atomic E-state index is -0.0886. The number of nitrogens with zero attached hydrogens (tertiary/aromatic N) is 1. The Morgan fingerprint density at radius 1 is 0.889 bits per heavy atom. The molecule has 1 N–H and O–H groups in total. The summed E-state index contributed by atoms with van der Waals surface area (Å²) < 4.78 is 5.85. The van der Waals surface area contributed by atoms with Crippen LogP contribution in [-0.2, 0) is 13.2 Å². The zero-order chi connectivity index (χ0) is 19.1. The van der Waals surface area contributed by atoms with E-state index in [1.807, 2.05) is 97.9 Å². The van der Waals surface area contributed by atoms with Crippen molar-refractivity contribution in [3.63, 3.8) is 0 Å². The van der Waals surface area contributed by atoms with Gasteiger partial charge in [-0.2, -0.15) is 0 Å². The van der Waals surface area contributed by atoms with Crippen molar-refractivity contribution in [2.45, 2.75) is 13.2 Å². The van der Waals surface area contributed by atoms with Crippen molar-refractivity contribution >= 4 is 11.6 Å². The lowest BCUT2D eigenvalue weighted by molar-refractivity contribution is 0.0951. The molecule has 3 rings (SSSR count). The lowest BCUT2D eigenvalue weighted by atomic mass is 10.1. The summed E-state index contributed by atoms with van der Waals surface area (Å²) in [5, 5.41) is 2.97. The van der Waals surface area contributed by atoms with Gasteiger partial charge in [-0.15, -0.1) is 0 Å². The normalized spacial score (nSPS) is 10.3. The maximum Gasteiger partial charge on any atom is 0.251 e. The highest BCUT2D eigenvalue weighted by molar-refractivity contribution is 5.95. The summed E-state index contributed by atoms with van der Waals surface area (Å²) in [6, 6.07) is 25.4. The Balaban J connectivity index is 1.58. The van der Waals surface area contributed by atoms with E-state index in [4.69, 9.17) is 4.74 Å². The SMILES string of the molecule is CN(C)c1cccc(C(=O)NCc2cccc(OCc3ccccc3)c2)c1. The minimum absolute atomic E-state index is 0.0886. The van der Waals surface area contributed by atoms with Gasteiger partial charge < -0.3 is 15.0 Å². The molecule has 0 unspecified atom stereocenters. The summed E-state index contributed by atoms with van der Waals surface area (Å²) in [4.78, 5) is 14.4. The van der Waals surface area contributed by atoms with Gasteiger partial charge >= 0.3 is 0 Å². The molecule has 0 saturated carbocycles. The Bertz CT molecular complexity index is 892. The minimum Gasteiger partial charge on any atom is -0.489 e. The molecule has 27 heavy (non-hydrogen) atoms. The second kappa shape index (κ2) is 8.90. The highest BCUT2D eigenvalue weighted by Gasteiger charge is 2.07. The lowest BCUT2D eigenvalue weighted by Gasteiger charge is -2.13. The number of hydrogen-bond acceptors (Lipinski definition) is 3. The van der Waals surface area contributed by atoms with Crippen LogP contribution in [-0.4, -0.2) is 20.0 Å². The summed E-state index contributed by atoms with van der Waals surface area (Å²) in [7, 11) is 3.91. The molecule has 0 spiro atoms. The van der Waals surface area contributed by atoms with Gasteiger partial charge in [-0.25, -0.2) is 0 Å². The van der Waals surface area contributed by atoms with E-state index in [2.05, 4.69) is 5.32 Å². The molecule has 0 aliphatic carbocycles. The third-order valence-electron chi connectivity index (χ3n) is 4.22. The third kappa shape index (κ3) is 5.35. The van der Waals surface area contributed by atoms with Crippen LogP contribution in [0.4, 0.5) is 5.69 Å². The molecular formula is C23H24N2O2. The van der Waals surface area contributed by atoms with E-state index in [9.17, 15) is 4.79 Å². The molecular weight excluding hydrogens is 336 g/mol. The van der Waals surface area contributed by atoms with Crippen LogP contribution >= 0.6 is 0 Å². The van der Waals surface area contributed by atoms with Crippen molar-refractivity contribution in [2.24, 2.45) is 0 Å². The van der Waals surface area contributed by atoms with Gasteiger partial charge in [-0.1, -0.05) is 48.5 Å². The number of rotatable bonds is 7. The standard InChI is InChI=1S/C23H24N2O2/c1-25(2)21-12-7-11-20(15-21)23(26)24-16-19-10-6-13-22(14-19)27-17-18-8-4-3-5-9-18/h3-15H,16-17H2,1-2H3,(H,24,26). The molecule has 0 aliphatic heterocycles. The molecule has 0 aromatic heterocycles. The van der Waals surface area contributed by atoms with Crippen LogP contribution < -0.4 is 15.0 Å². The van der Waals surface area contributed by atoms with Gasteiger partial charge in [0.2, 0.25) is 0 Å². The quantitative estimate of drug-likeness (QED) is 0.684. The summed E-state index contributed by atoms with van der Waals surface area (Å²) in [6.45, 7) is 0.974. The molecule has 3 aromatic rings. The first-order valence-corrected chi connectivity index (χ1v) is 8.93. The van der Waals surface area contributed by atoms with E-state index >= 15 is 0 Å². The van der Waals surface area contributed by atoms with E-state index in [-0.39, 0.29) is 5.91 Å². The molecule has 3 aromatic carbocycles. The van der Waals surface area contributed by atoms with Crippen LogP contribution in [0.5, 0.6) is 5.75 Å². The molecule has 0 fully saturated rings. The number of carbonyl (C=O) groups excluding carboxylic acids is 1. The van der Waals surface area contributed by atoms with Crippen LogP contribution in [0.3, 0.4) is 0 Å². The Kier molecular flexibility index (Phi) is 6.10. The number of nitrogens with one attached hydrogen (secondary N) is 1. The monoisotopic (exact) mass is 360 g/mol. The van der Waals surface area contributed by atoms with Crippen LogP contribution in [0.15, 0.2) is 78.9 Å².